The van der Waals surface area contributed by atoms with Gasteiger partial charge in [0.2, 0.25) is 0 Å². The van der Waals surface area contributed by atoms with Crippen LogP contribution in [0.3, 0.4) is 0 Å². The number of hydrogen-bond donors (Lipinski definition) is 0. The Morgan fingerprint density at radius 1 is 1.12 bits per heavy atom. The van der Waals surface area contributed by atoms with E-state index < -0.39 is 0 Å². The third kappa shape index (κ3) is 1.73. The molecule has 0 radical (unpaired) electrons. The van der Waals surface area contributed by atoms with E-state index in [4.69, 9.17) is 0 Å². The molecule has 4 heteroatoms. The van der Waals surface area contributed by atoms with Gasteiger partial charge in [-0.1, -0.05) is 29.5 Å². The largest absolute Gasteiger partial charge is 0.212 e. The molecule has 0 saturated heterocycles. The third-order valence-corrected chi connectivity index (χ3v) is 3.25. The molecule has 0 aliphatic rings. The fourth-order valence-electron chi connectivity index (χ4n) is 1.88. The van der Waals surface area contributed by atoms with E-state index in [-0.39, 0.29) is 0 Å². The van der Waals surface area contributed by atoms with Gasteiger partial charge in [0.15, 0.2) is 0 Å². The lowest BCUT2D eigenvalue weighted by atomic mass is 10.2. The molecule has 0 N–H and O–H groups in total. The van der Waals surface area contributed by atoms with Crippen molar-refractivity contribution in [2.75, 3.05) is 0 Å². The molecule has 2 aromatic carbocycles. The zero-order chi connectivity index (χ0) is 11.8. The number of nitrogens with zero attached hydrogens (tertiary/aromatic N) is 3. The van der Waals surface area contributed by atoms with Crippen molar-refractivity contribution in [3.63, 3.8) is 0 Å². The van der Waals surface area contributed by atoms with Crippen molar-refractivity contribution in [1.29, 1.82) is 0 Å². The quantitative estimate of drug-likeness (QED) is 0.612. The van der Waals surface area contributed by atoms with Crippen LogP contribution < -0.4 is 5.30 Å². The van der Waals surface area contributed by atoms with Crippen LogP contribution >= 0.6 is 9.24 Å². The maximum absolute atomic E-state index is 4.22. The predicted octanol–water partition coefficient (Wildman–Crippen LogP) is 2.23. The number of para-hydroxylation sites is 1. The minimum Gasteiger partial charge on any atom is -0.212 e. The topological polar surface area (TPSA) is 30.7 Å². The van der Waals surface area contributed by atoms with E-state index in [1.165, 1.54) is 5.56 Å². The summed E-state index contributed by atoms with van der Waals surface area (Å²) in [5.41, 5.74) is 4.22. The molecule has 1 atom stereocenters. The molecular weight excluding hydrogens is 229 g/mol. The Morgan fingerprint density at radius 3 is 2.82 bits per heavy atom. The second-order valence-corrected chi connectivity index (χ2v) is 4.67. The summed E-state index contributed by atoms with van der Waals surface area (Å²) in [6.45, 7) is 2.08. The van der Waals surface area contributed by atoms with Gasteiger partial charge in [0.05, 0.1) is 11.2 Å². The van der Waals surface area contributed by atoms with Crippen LogP contribution in [0, 0.1) is 6.92 Å². The van der Waals surface area contributed by atoms with Crippen molar-refractivity contribution < 1.29 is 0 Å². The maximum Gasteiger partial charge on any atom is 0.113 e. The highest BCUT2D eigenvalue weighted by Crippen LogP contribution is 2.16. The molecule has 0 amide bonds. The molecule has 3 nitrogen and oxygen atoms in total. The molecule has 0 aliphatic carbocycles. The van der Waals surface area contributed by atoms with Gasteiger partial charge in [-0.05, 0) is 36.0 Å². The van der Waals surface area contributed by atoms with Crippen molar-refractivity contribution in [3.8, 4) is 5.69 Å². The number of fused-ring (bicyclic) bond motifs is 1. The third-order valence-electron chi connectivity index (χ3n) is 2.77. The highest BCUT2D eigenvalue weighted by molar-refractivity contribution is 7.27. The van der Waals surface area contributed by atoms with E-state index in [0.29, 0.717) is 0 Å². The van der Waals surface area contributed by atoms with Gasteiger partial charge in [-0.2, -0.15) is 0 Å². The van der Waals surface area contributed by atoms with Gasteiger partial charge in [-0.15, -0.1) is 14.3 Å². The maximum atomic E-state index is 4.22. The summed E-state index contributed by atoms with van der Waals surface area (Å²) in [4.78, 5) is 0. The lowest BCUT2D eigenvalue weighted by Crippen LogP contribution is -2.07. The Morgan fingerprint density at radius 2 is 1.94 bits per heavy atom. The fourth-order valence-corrected chi connectivity index (χ4v) is 2.19. The van der Waals surface area contributed by atoms with Crippen LogP contribution in [0.2, 0.25) is 0 Å². The van der Waals surface area contributed by atoms with E-state index in [0.717, 1.165) is 22.0 Å². The molecule has 1 heterocycles. The van der Waals surface area contributed by atoms with Crippen molar-refractivity contribution in [2.45, 2.75) is 6.92 Å². The summed E-state index contributed by atoms with van der Waals surface area (Å²) < 4.78 is 1.88. The number of aryl methyl sites for hydroxylation is 1. The van der Waals surface area contributed by atoms with E-state index in [1.807, 2.05) is 28.9 Å². The van der Waals surface area contributed by atoms with Crippen LogP contribution in [0.4, 0.5) is 0 Å². The Bertz CT molecular complexity index is 688. The van der Waals surface area contributed by atoms with E-state index in [2.05, 4.69) is 44.7 Å². The average molecular weight is 241 g/mol. The summed E-state index contributed by atoms with van der Waals surface area (Å²) >= 11 is 0. The highest BCUT2D eigenvalue weighted by Gasteiger charge is 2.07. The molecule has 0 fully saturated rings. The van der Waals surface area contributed by atoms with Crippen LogP contribution in [0.15, 0.2) is 42.5 Å². The second kappa shape index (κ2) is 3.94. The fraction of sp³-hybridized carbons (Fsp3) is 0.0769. The lowest BCUT2D eigenvalue weighted by Gasteiger charge is -2.07. The molecule has 0 saturated carbocycles. The molecule has 84 valence electrons. The average Bonchev–Trinajstić information content (AvgIpc) is 2.76. The summed E-state index contributed by atoms with van der Waals surface area (Å²) in [5, 5.41) is 9.51. The van der Waals surface area contributed by atoms with E-state index >= 15 is 0 Å². The SMILES string of the molecule is Cc1ccc(P)c(-n2nnc3ccccc32)c1. The van der Waals surface area contributed by atoms with Crippen molar-refractivity contribution in [1.82, 2.24) is 15.0 Å². The summed E-state index contributed by atoms with van der Waals surface area (Å²) in [5.74, 6) is 0. The number of aromatic nitrogens is 3. The zero-order valence-electron chi connectivity index (χ0n) is 9.46. The molecular formula is C13H12N3P. The smallest absolute Gasteiger partial charge is 0.113 e. The zero-order valence-corrected chi connectivity index (χ0v) is 10.6. The van der Waals surface area contributed by atoms with Crippen molar-refractivity contribution >= 4 is 25.6 Å². The summed E-state index contributed by atoms with van der Waals surface area (Å²) in [7, 11) is 2.74. The standard InChI is InChI=1S/C13H12N3P/c1-9-6-7-13(17)12(8-9)16-11-5-3-2-4-10(11)14-15-16/h2-8H,17H2,1H3. The first-order valence-electron chi connectivity index (χ1n) is 5.42. The van der Waals surface area contributed by atoms with Crippen LogP contribution in [0.5, 0.6) is 0 Å². The minimum atomic E-state index is 0.915. The van der Waals surface area contributed by atoms with Gasteiger partial charge >= 0.3 is 0 Å². The highest BCUT2D eigenvalue weighted by atomic mass is 31.0. The molecule has 0 spiro atoms. The first-order chi connectivity index (χ1) is 8.25. The van der Waals surface area contributed by atoms with Crippen molar-refractivity contribution in [2.24, 2.45) is 0 Å². The predicted molar refractivity (Wildman–Crippen MR) is 72.9 cm³/mol. The monoisotopic (exact) mass is 241 g/mol. The Kier molecular flexibility index (Phi) is 2.41. The van der Waals surface area contributed by atoms with Gasteiger partial charge in [0, 0.05) is 0 Å². The number of benzene rings is 2. The van der Waals surface area contributed by atoms with Gasteiger partial charge < -0.3 is 0 Å². The van der Waals surface area contributed by atoms with Gasteiger partial charge in [0.1, 0.15) is 5.52 Å². The Hall–Kier alpha value is -1.73. The number of rotatable bonds is 1. The van der Waals surface area contributed by atoms with Gasteiger partial charge in [0.25, 0.3) is 0 Å². The molecule has 1 unspecified atom stereocenters. The van der Waals surface area contributed by atoms with E-state index in [1.54, 1.807) is 0 Å². The first-order valence-corrected chi connectivity index (χ1v) is 6.00. The summed E-state index contributed by atoms with van der Waals surface area (Å²) in [6.07, 6.45) is 0. The summed E-state index contributed by atoms with van der Waals surface area (Å²) in [6, 6.07) is 14.2. The molecule has 1 aromatic heterocycles. The lowest BCUT2D eigenvalue weighted by molar-refractivity contribution is 0.827. The molecule has 3 rings (SSSR count). The number of hydrogen-bond acceptors (Lipinski definition) is 2. The van der Waals surface area contributed by atoms with Gasteiger partial charge in [-0.25, -0.2) is 4.68 Å². The molecule has 0 aliphatic heterocycles. The molecule has 17 heavy (non-hydrogen) atoms. The van der Waals surface area contributed by atoms with Crippen LogP contribution in [0.25, 0.3) is 16.7 Å². The van der Waals surface area contributed by atoms with Crippen LogP contribution in [0.1, 0.15) is 5.56 Å². The Labute approximate surface area is 102 Å². The molecule has 0 bridgehead atoms. The Balaban J connectivity index is 2.31. The van der Waals surface area contributed by atoms with Crippen molar-refractivity contribution in [3.05, 3.63) is 48.0 Å². The van der Waals surface area contributed by atoms with Gasteiger partial charge in [-0.3, -0.25) is 0 Å². The van der Waals surface area contributed by atoms with Crippen LogP contribution in [-0.2, 0) is 0 Å². The first kappa shape index (κ1) is 10.4. The van der Waals surface area contributed by atoms with E-state index in [9.17, 15) is 0 Å². The minimum absolute atomic E-state index is 0.915. The second-order valence-electron chi connectivity index (χ2n) is 4.05. The normalized spacial score (nSPS) is 10.9. The molecule has 3 aromatic rings. The van der Waals surface area contributed by atoms with Crippen LogP contribution in [-0.4, -0.2) is 15.0 Å².